The van der Waals surface area contributed by atoms with Crippen LogP contribution in [-0.2, 0) is 16.4 Å². The molecule has 0 bridgehead atoms. The summed E-state index contributed by atoms with van der Waals surface area (Å²) in [6.07, 6.45) is 2.30. The molecule has 19 heavy (non-hydrogen) atoms. The molecule has 1 N–H and O–H groups in total. The monoisotopic (exact) mass is 300 g/mol. The molecule has 0 fully saturated rings. The van der Waals surface area contributed by atoms with Crippen LogP contribution in [0.25, 0.3) is 0 Å². The highest BCUT2D eigenvalue weighted by atomic mass is 32.2. The van der Waals surface area contributed by atoms with Crippen molar-refractivity contribution in [3.63, 3.8) is 0 Å². The maximum absolute atomic E-state index is 13.1. The van der Waals surface area contributed by atoms with E-state index in [9.17, 15) is 12.8 Å². The number of nitrogens with one attached hydrogen (secondary N) is 1. The molecule has 0 saturated heterocycles. The van der Waals surface area contributed by atoms with Crippen molar-refractivity contribution >= 4 is 21.4 Å². The van der Waals surface area contributed by atoms with E-state index in [1.807, 2.05) is 0 Å². The molecular weight excluding hydrogens is 287 g/mol. The van der Waals surface area contributed by atoms with Gasteiger partial charge in [-0.15, -0.1) is 11.3 Å². The van der Waals surface area contributed by atoms with Crippen LogP contribution in [0.4, 0.5) is 4.39 Å². The molecule has 0 spiro atoms. The molecule has 1 aromatic heterocycles. The summed E-state index contributed by atoms with van der Waals surface area (Å²) < 4.78 is 39.5. The third-order valence-electron chi connectivity index (χ3n) is 2.59. The number of hydrogen-bond acceptors (Lipinski definition) is 4. The fraction of sp³-hybridized carbons (Fsp3) is 0.250. The number of benzene rings is 1. The van der Waals surface area contributed by atoms with Crippen molar-refractivity contribution < 1.29 is 12.8 Å². The lowest BCUT2D eigenvalue weighted by Crippen LogP contribution is -2.26. The van der Waals surface area contributed by atoms with Crippen LogP contribution in [0.1, 0.15) is 10.4 Å². The summed E-state index contributed by atoms with van der Waals surface area (Å²) in [5.41, 5.74) is 2.01. The number of hydrogen-bond donors (Lipinski definition) is 1. The first kappa shape index (κ1) is 14.1. The summed E-state index contributed by atoms with van der Waals surface area (Å²) in [4.78, 5) is 5.01. The van der Waals surface area contributed by atoms with Gasteiger partial charge in [-0.2, -0.15) is 0 Å². The van der Waals surface area contributed by atoms with Gasteiger partial charge in [-0.1, -0.05) is 0 Å². The second kappa shape index (κ2) is 5.77. The van der Waals surface area contributed by atoms with Crippen LogP contribution in [0.5, 0.6) is 0 Å². The summed E-state index contributed by atoms with van der Waals surface area (Å²) in [7, 11) is -3.59. The van der Waals surface area contributed by atoms with E-state index in [0.29, 0.717) is 18.5 Å². The molecule has 1 aromatic carbocycles. The Bertz CT molecular complexity index is 654. The first-order valence-electron chi connectivity index (χ1n) is 5.62. The molecule has 0 aliphatic rings. The third-order valence-corrected chi connectivity index (χ3v) is 4.88. The zero-order valence-corrected chi connectivity index (χ0v) is 11.9. The zero-order valence-electron chi connectivity index (χ0n) is 10.3. The topological polar surface area (TPSA) is 59.1 Å². The van der Waals surface area contributed by atoms with Gasteiger partial charge in [0.2, 0.25) is 10.0 Å². The van der Waals surface area contributed by atoms with Gasteiger partial charge in [0.05, 0.1) is 10.4 Å². The van der Waals surface area contributed by atoms with Crippen LogP contribution in [0.3, 0.4) is 0 Å². The van der Waals surface area contributed by atoms with E-state index in [2.05, 4.69) is 9.71 Å². The molecule has 0 unspecified atom stereocenters. The van der Waals surface area contributed by atoms with Gasteiger partial charge < -0.3 is 0 Å². The number of halogens is 1. The molecule has 0 amide bonds. The van der Waals surface area contributed by atoms with E-state index in [0.717, 1.165) is 10.9 Å². The van der Waals surface area contributed by atoms with Crippen molar-refractivity contribution in [2.45, 2.75) is 18.2 Å². The molecule has 0 saturated carbocycles. The Hall–Kier alpha value is -1.31. The number of aromatic nitrogens is 1. The number of thiazole rings is 1. The predicted molar refractivity (Wildman–Crippen MR) is 72.1 cm³/mol. The van der Waals surface area contributed by atoms with Crippen LogP contribution in [0.2, 0.25) is 0 Å². The van der Waals surface area contributed by atoms with Crippen LogP contribution in [0, 0.1) is 12.7 Å². The number of nitrogens with zero attached hydrogens (tertiary/aromatic N) is 1. The maximum Gasteiger partial charge on any atom is 0.240 e. The quantitative estimate of drug-likeness (QED) is 0.920. The maximum atomic E-state index is 13.1. The molecule has 7 heteroatoms. The molecule has 0 atom stereocenters. The van der Waals surface area contributed by atoms with Crippen molar-refractivity contribution in [3.05, 3.63) is 46.2 Å². The summed E-state index contributed by atoms with van der Waals surface area (Å²) >= 11 is 1.48. The lowest BCUT2D eigenvalue weighted by Gasteiger charge is -2.07. The normalized spacial score (nSPS) is 11.7. The van der Waals surface area contributed by atoms with E-state index in [1.54, 1.807) is 11.7 Å². The zero-order chi connectivity index (χ0) is 13.9. The van der Waals surface area contributed by atoms with Crippen molar-refractivity contribution in [1.82, 2.24) is 9.71 Å². The average molecular weight is 300 g/mol. The van der Waals surface area contributed by atoms with Crippen molar-refractivity contribution in [2.24, 2.45) is 0 Å². The van der Waals surface area contributed by atoms with Gasteiger partial charge in [0.25, 0.3) is 0 Å². The van der Waals surface area contributed by atoms with Crippen molar-refractivity contribution in [3.8, 4) is 0 Å². The Morgan fingerprint density at radius 2 is 2.21 bits per heavy atom. The van der Waals surface area contributed by atoms with Crippen LogP contribution < -0.4 is 4.72 Å². The minimum Gasteiger partial charge on any atom is -0.253 e. The van der Waals surface area contributed by atoms with Gasteiger partial charge in [-0.05, 0) is 37.1 Å². The van der Waals surface area contributed by atoms with E-state index < -0.39 is 15.8 Å². The van der Waals surface area contributed by atoms with E-state index >= 15 is 0 Å². The third kappa shape index (κ3) is 3.59. The molecule has 1 heterocycles. The Balaban J connectivity index is 2.03. The van der Waals surface area contributed by atoms with Crippen molar-refractivity contribution in [2.75, 3.05) is 6.54 Å². The van der Waals surface area contributed by atoms with E-state index in [1.165, 1.54) is 30.4 Å². The molecular formula is C12H13FN2O2S2. The van der Waals surface area contributed by atoms with Gasteiger partial charge >= 0.3 is 0 Å². The smallest absolute Gasteiger partial charge is 0.240 e. The Morgan fingerprint density at radius 1 is 1.42 bits per heavy atom. The Morgan fingerprint density at radius 3 is 2.84 bits per heavy atom. The Kier molecular flexibility index (Phi) is 4.28. The van der Waals surface area contributed by atoms with Gasteiger partial charge in [-0.3, -0.25) is 4.98 Å². The van der Waals surface area contributed by atoms with Gasteiger partial charge in [0, 0.05) is 17.6 Å². The average Bonchev–Trinajstić information content (AvgIpc) is 2.85. The first-order chi connectivity index (χ1) is 8.99. The highest BCUT2D eigenvalue weighted by molar-refractivity contribution is 7.89. The van der Waals surface area contributed by atoms with Crippen LogP contribution in [-0.4, -0.2) is 19.9 Å². The second-order valence-electron chi connectivity index (χ2n) is 4.03. The highest BCUT2D eigenvalue weighted by Gasteiger charge is 2.14. The molecule has 0 aliphatic heterocycles. The fourth-order valence-corrected chi connectivity index (χ4v) is 3.26. The van der Waals surface area contributed by atoms with Crippen LogP contribution in [0.15, 0.2) is 34.8 Å². The lowest BCUT2D eigenvalue weighted by atomic mass is 10.2. The predicted octanol–water partition coefficient (Wildman–Crippen LogP) is 2.11. The second-order valence-corrected chi connectivity index (χ2v) is 6.76. The molecule has 0 aliphatic carbocycles. The molecule has 4 nitrogen and oxygen atoms in total. The number of aryl methyl sites for hydroxylation is 1. The minimum absolute atomic E-state index is 0.0794. The van der Waals surface area contributed by atoms with Gasteiger partial charge in [0.1, 0.15) is 5.82 Å². The largest absolute Gasteiger partial charge is 0.253 e. The first-order valence-corrected chi connectivity index (χ1v) is 7.98. The summed E-state index contributed by atoms with van der Waals surface area (Å²) in [6.45, 7) is 1.83. The van der Waals surface area contributed by atoms with E-state index in [4.69, 9.17) is 0 Å². The molecule has 2 rings (SSSR count). The molecule has 2 aromatic rings. The van der Waals surface area contributed by atoms with E-state index in [-0.39, 0.29) is 4.90 Å². The fourth-order valence-electron chi connectivity index (χ4n) is 1.54. The van der Waals surface area contributed by atoms with Gasteiger partial charge in [-0.25, -0.2) is 17.5 Å². The minimum atomic E-state index is -3.59. The summed E-state index contributed by atoms with van der Waals surface area (Å²) in [5.74, 6) is -0.413. The SMILES string of the molecule is Cc1cc(S(=O)(=O)NCCc2cncs2)ccc1F. The van der Waals surface area contributed by atoms with Crippen LogP contribution >= 0.6 is 11.3 Å². The summed E-state index contributed by atoms with van der Waals surface area (Å²) in [6, 6.07) is 3.74. The molecule has 102 valence electrons. The van der Waals surface area contributed by atoms with Crippen molar-refractivity contribution in [1.29, 1.82) is 0 Å². The highest BCUT2D eigenvalue weighted by Crippen LogP contribution is 2.14. The Labute approximate surface area is 115 Å². The van der Waals surface area contributed by atoms with Gasteiger partial charge in [0.15, 0.2) is 0 Å². The lowest BCUT2D eigenvalue weighted by molar-refractivity contribution is 0.580. The summed E-state index contributed by atoms with van der Waals surface area (Å²) in [5, 5.41) is 0. The molecule has 0 radical (unpaired) electrons. The number of sulfonamides is 1. The standard InChI is InChI=1S/C12H13FN2O2S2/c1-9-6-11(2-3-12(9)13)19(16,17)15-5-4-10-7-14-8-18-10/h2-3,6-8,15H,4-5H2,1H3. The number of rotatable bonds is 5.